The van der Waals surface area contributed by atoms with E-state index >= 15 is 0 Å². The average Bonchev–Trinajstić information content (AvgIpc) is 2.14. The quantitative estimate of drug-likeness (QED) is 0.510. The third-order valence-electron chi connectivity index (χ3n) is 3.08. The molecule has 0 spiro atoms. The number of aryl methyl sites for hydroxylation is 1. The Morgan fingerprint density at radius 2 is 1.69 bits per heavy atom. The summed E-state index contributed by atoms with van der Waals surface area (Å²) in [5.41, 5.74) is 4.83. The first-order valence-electron chi connectivity index (χ1n) is 6.01. The molecule has 1 aromatic carbocycles. The molecule has 0 nitrogen and oxygen atoms in total. The summed E-state index contributed by atoms with van der Waals surface area (Å²) in [6.07, 6.45) is 1.14. The third kappa shape index (κ3) is 3.64. The molecule has 0 saturated heterocycles. The van der Waals surface area contributed by atoms with Crippen LogP contribution >= 0.6 is 0 Å². The lowest BCUT2D eigenvalue weighted by atomic mass is 10.0. The van der Waals surface area contributed by atoms with E-state index < -0.39 is 8.07 Å². The minimum atomic E-state index is -1.17. The SMILES string of the molecule is C=C(C)CC(c1ccc(C)cc1)[Si](C)(C)C. The van der Waals surface area contributed by atoms with Gasteiger partial charge in [0, 0.05) is 0 Å². The van der Waals surface area contributed by atoms with Crippen LogP contribution in [0.25, 0.3) is 0 Å². The first-order chi connectivity index (χ1) is 7.30. The standard InChI is InChI=1S/C15H24Si/c1-12(2)11-15(16(4,5)6)14-9-7-13(3)8-10-14/h7-10,15H,1,11H2,2-6H3. The highest BCUT2D eigenvalue weighted by Crippen LogP contribution is 2.32. The third-order valence-corrected chi connectivity index (χ3v) is 5.71. The molecule has 1 atom stereocenters. The Balaban J connectivity index is 3.01. The van der Waals surface area contributed by atoms with Gasteiger partial charge in [-0.25, -0.2) is 0 Å². The van der Waals surface area contributed by atoms with E-state index in [9.17, 15) is 0 Å². The number of hydrogen-bond donors (Lipinski definition) is 0. The summed E-state index contributed by atoms with van der Waals surface area (Å²) in [4.78, 5) is 0. The topological polar surface area (TPSA) is 0 Å². The van der Waals surface area contributed by atoms with Gasteiger partial charge in [0.05, 0.1) is 8.07 Å². The normalized spacial score (nSPS) is 13.6. The molecule has 0 N–H and O–H groups in total. The highest BCUT2D eigenvalue weighted by Gasteiger charge is 2.27. The summed E-state index contributed by atoms with van der Waals surface area (Å²) in [6.45, 7) is 15.7. The summed E-state index contributed by atoms with van der Waals surface area (Å²) in [5.74, 6) is 0. The summed E-state index contributed by atoms with van der Waals surface area (Å²) in [6, 6.07) is 9.03. The van der Waals surface area contributed by atoms with E-state index in [1.165, 1.54) is 16.7 Å². The second-order valence-corrected chi connectivity index (χ2v) is 11.4. The van der Waals surface area contributed by atoms with Crippen molar-refractivity contribution in [3.63, 3.8) is 0 Å². The second-order valence-electron chi connectivity index (χ2n) is 5.99. The van der Waals surface area contributed by atoms with Crippen molar-refractivity contribution in [2.45, 2.75) is 45.5 Å². The van der Waals surface area contributed by atoms with E-state index in [1.54, 1.807) is 0 Å². The zero-order valence-corrected chi connectivity index (χ0v) is 12.3. The van der Waals surface area contributed by atoms with Crippen LogP contribution in [0.4, 0.5) is 0 Å². The number of benzene rings is 1. The lowest BCUT2D eigenvalue weighted by Crippen LogP contribution is -2.31. The van der Waals surface area contributed by atoms with Gasteiger partial charge in [-0.3, -0.25) is 0 Å². The molecule has 1 rings (SSSR count). The molecule has 0 saturated carbocycles. The molecule has 16 heavy (non-hydrogen) atoms. The van der Waals surface area contributed by atoms with Crippen LogP contribution in [-0.2, 0) is 0 Å². The molecule has 88 valence electrons. The van der Waals surface area contributed by atoms with Gasteiger partial charge in [0.1, 0.15) is 0 Å². The van der Waals surface area contributed by atoms with Gasteiger partial charge in [0.2, 0.25) is 0 Å². The van der Waals surface area contributed by atoms with Crippen LogP contribution in [0.1, 0.15) is 30.0 Å². The molecule has 1 unspecified atom stereocenters. The monoisotopic (exact) mass is 232 g/mol. The Morgan fingerprint density at radius 3 is 2.06 bits per heavy atom. The Morgan fingerprint density at radius 1 is 1.19 bits per heavy atom. The first kappa shape index (κ1) is 13.2. The molecule has 1 heteroatoms. The Labute approximate surface area is 101 Å². The molecular formula is C15H24Si. The van der Waals surface area contributed by atoms with Crippen molar-refractivity contribution in [1.29, 1.82) is 0 Å². The van der Waals surface area contributed by atoms with Crippen molar-refractivity contribution in [2.24, 2.45) is 0 Å². The van der Waals surface area contributed by atoms with Crippen molar-refractivity contribution < 1.29 is 0 Å². The van der Waals surface area contributed by atoms with Crippen LogP contribution in [-0.4, -0.2) is 8.07 Å². The fourth-order valence-electron chi connectivity index (χ4n) is 2.07. The second kappa shape index (κ2) is 5.01. The largest absolute Gasteiger partial charge is 0.100 e. The van der Waals surface area contributed by atoms with Crippen molar-refractivity contribution >= 4 is 8.07 Å². The van der Waals surface area contributed by atoms with Gasteiger partial charge in [-0.15, -0.1) is 6.58 Å². The van der Waals surface area contributed by atoms with E-state index in [0.29, 0.717) is 5.54 Å². The maximum absolute atomic E-state index is 4.07. The van der Waals surface area contributed by atoms with Gasteiger partial charge in [-0.1, -0.05) is 55.0 Å². The molecule has 0 radical (unpaired) electrons. The van der Waals surface area contributed by atoms with Crippen molar-refractivity contribution in [3.05, 3.63) is 47.5 Å². The summed E-state index contributed by atoms with van der Waals surface area (Å²) in [7, 11) is -1.17. The Kier molecular flexibility index (Phi) is 4.14. The van der Waals surface area contributed by atoms with E-state index in [1.807, 2.05) is 0 Å². The highest BCUT2D eigenvalue weighted by atomic mass is 28.3. The molecular weight excluding hydrogens is 208 g/mol. The Bertz CT molecular complexity index is 354. The number of rotatable bonds is 4. The lowest BCUT2D eigenvalue weighted by molar-refractivity contribution is 0.867. The Hall–Kier alpha value is -0.823. The van der Waals surface area contributed by atoms with Gasteiger partial charge in [-0.05, 0) is 31.4 Å². The molecule has 0 heterocycles. The van der Waals surface area contributed by atoms with Crippen LogP contribution in [0, 0.1) is 6.92 Å². The van der Waals surface area contributed by atoms with Crippen molar-refractivity contribution in [1.82, 2.24) is 0 Å². The summed E-state index contributed by atoms with van der Waals surface area (Å²) < 4.78 is 0. The van der Waals surface area contributed by atoms with Gasteiger partial charge >= 0.3 is 0 Å². The van der Waals surface area contributed by atoms with Gasteiger partial charge in [-0.2, -0.15) is 0 Å². The van der Waals surface area contributed by atoms with Gasteiger partial charge in [0.15, 0.2) is 0 Å². The minimum Gasteiger partial charge on any atom is -0.100 e. The smallest absolute Gasteiger partial charge is 0.0525 e. The van der Waals surface area contributed by atoms with E-state index in [4.69, 9.17) is 0 Å². The predicted octanol–water partition coefficient (Wildman–Crippen LogP) is 4.92. The molecule has 1 aromatic rings. The minimum absolute atomic E-state index is 0.700. The lowest BCUT2D eigenvalue weighted by Gasteiger charge is -2.30. The molecule has 0 bridgehead atoms. The van der Waals surface area contributed by atoms with Crippen molar-refractivity contribution in [2.75, 3.05) is 0 Å². The maximum Gasteiger partial charge on any atom is 0.0525 e. The maximum atomic E-state index is 4.07. The summed E-state index contributed by atoms with van der Waals surface area (Å²) >= 11 is 0. The average molecular weight is 232 g/mol. The molecule has 0 aromatic heterocycles. The highest BCUT2D eigenvalue weighted by molar-refractivity contribution is 6.77. The van der Waals surface area contributed by atoms with Gasteiger partial charge < -0.3 is 0 Å². The molecule has 0 amide bonds. The van der Waals surface area contributed by atoms with Crippen LogP contribution in [0.2, 0.25) is 19.6 Å². The van der Waals surface area contributed by atoms with E-state index in [-0.39, 0.29) is 0 Å². The molecule has 0 aliphatic rings. The molecule has 0 aliphatic heterocycles. The van der Waals surface area contributed by atoms with Crippen LogP contribution < -0.4 is 0 Å². The van der Waals surface area contributed by atoms with Crippen molar-refractivity contribution in [3.8, 4) is 0 Å². The first-order valence-corrected chi connectivity index (χ1v) is 9.59. The summed E-state index contributed by atoms with van der Waals surface area (Å²) in [5, 5.41) is 0. The zero-order valence-electron chi connectivity index (χ0n) is 11.3. The van der Waals surface area contributed by atoms with E-state index in [0.717, 1.165) is 6.42 Å². The number of allylic oxidation sites excluding steroid dienone is 1. The predicted molar refractivity (Wildman–Crippen MR) is 76.7 cm³/mol. The number of hydrogen-bond acceptors (Lipinski definition) is 0. The fraction of sp³-hybridized carbons (Fsp3) is 0.467. The van der Waals surface area contributed by atoms with E-state index in [2.05, 4.69) is 64.3 Å². The molecule has 0 fully saturated rings. The van der Waals surface area contributed by atoms with Gasteiger partial charge in [0.25, 0.3) is 0 Å². The molecule has 0 aliphatic carbocycles. The van der Waals surface area contributed by atoms with Crippen LogP contribution in [0.15, 0.2) is 36.4 Å². The van der Waals surface area contributed by atoms with Crippen LogP contribution in [0.5, 0.6) is 0 Å². The van der Waals surface area contributed by atoms with Crippen LogP contribution in [0.3, 0.4) is 0 Å². The fourth-order valence-corrected chi connectivity index (χ4v) is 4.22. The zero-order chi connectivity index (χ0) is 12.3.